The third-order valence-electron chi connectivity index (χ3n) is 4.18. The van der Waals surface area contributed by atoms with Crippen molar-refractivity contribution in [1.29, 1.82) is 0 Å². The summed E-state index contributed by atoms with van der Waals surface area (Å²) in [5.74, 6) is -1.30. The Morgan fingerprint density at radius 3 is 2.53 bits per heavy atom. The Hall–Kier alpha value is -3.30. The van der Waals surface area contributed by atoms with E-state index in [4.69, 9.17) is 0 Å². The fourth-order valence-electron chi connectivity index (χ4n) is 2.76. The second-order valence-corrected chi connectivity index (χ2v) is 7.99. The van der Waals surface area contributed by atoms with Gasteiger partial charge in [0.2, 0.25) is 5.91 Å². The highest BCUT2D eigenvalue weighted by molar-refractivity contribution is 8.00. The second-order valence-electron chi connectivity index (χ2n) is 6.17. The first kappa shape index (κ1) is 20.0. The predicted octanol–water partition coefficient (Wildman–Crippen LogP) is 4.05. The Morgan fingerprint density at radius 2 is 1.77 bits per heavy atom. The summed E-state index contributed by atoms with van der Waals surface area (Å²) in [5, 5.41) is 3.63. The molecule has 0 aliphatic carbocycles. The van der Waals surface area contributed by atoms with Gasteiger partial charge in [0.05, 0.1) is 11.1 Å². The average molecular weight is 439 g/mol. The number of hydrogen-bond acceptors (Lipinski definition) is 6. The van der Waals surface area contributed by atoms with Crippen LogP contribution in [0.2, 0.25) is 0 Å². The number of aromatic nitrogens is 2. The van der Waals surface area contributed by atoms with Crippen molar-refractivity contribution in [3.63, 3.8) is 0 Å². The van der Waals surface area contributed by atoms with Crippen LogP contribution >= 0.6 is 23.1 Å². The largest absolute Gasteiger partial charge is 0.272 e. The number of rotatable bonds is 5. The Labute approximate surface area is 179 Å². The van der Waals surface area contributed by atoms with Crippen LogP contribution in [0.4, 0.5) is 4.39 Å². The smallest absolute Gasteiger partial charge is 0.269 e. The zero-order chi connectivity index (χ0) is 20.9. The summed E-state index contributed by atoms with van der Waals surface area (Å²) in [4.78, 5) is 33.7. The van der Waals surface area contributed by atoms with E-state index in [1.807, 2.05) is 35.7 Å². The Morgan fingerprint density at radius 1 is 1.00 bits per heavy atom. The zero-order valence-corrected chi connectivity index (χ0v) is 17.1. The molecule has 0 atom stereocenters. The summed E-state index contributed by atoms with van der Waals surface area (Å²) in [7, 11) is 0. The van der Waals surface area contributed by atoms with Gasteiger partial charge in [-0.25, -0.2) is 14.4 Å². The molecule has 2 heterocycles. The molecule has 4 aromatic rings. The number of carbonyl (C=O) groups excluding carboxylic acids is 2. The number of thioether (sulfide) groups is 1. The summed E-state index contributed by atoms with van der Waals surface area (Å²) in [6.45, 7) is 0. The standard InChI is InChI=1S/C21H15FN4O2S2/c22-15-8-6-14(7-9-15)19(28)26-25-17(27)11-30-21-18-16(13-4-2-1-3-5-13)10-29-20(18)23-12-24-21/h1-10,12H,11H2,(H,25,27)(H,26,28). The van der Waals surface area contributed by atoms with Crippen molar-refractivity contribution < 1.29 is 14.0 Å². The molecule has 2 amide bonds. The van der Waals surface area contributed by atoms with Crippen molar-refractivity contribution in [3.8, 4) is 11.1 Å². The lowest BCUT2D eigenvalue weighted by molar-refractivity contribution is -0.119. The van der Waals surface area contributed by atoms with E-state index in [0.29, 0.717) is 5.03 Å². The first-order chi connectivity index (χ1) is 14.6. The molecule has 0 aliphatic heterocycles. The maximum Gasteiger partial charge on any atom is 0.269 e. The highest BCUT2D eigenvalue weighted by Crippen LogP contribution is 2.37. The molecule has 2 N–H and O–H groups in total. The van der Waals surface area contributed by atoms with Gasteiger partial charge in [-0.15, -0.1) is 11.3 Å². The molecule has 4 rings (SSSR count). The number of hydrogen-bond donors (Lipinski definition) is 2. The molecule has 0 aliphatic rings. The summed E-state index contributed by atoms with van der Waals surface area (Å²) in [6.07, 6.45) is 1.48. The number of fused-ring (bicyclic) bond motifs is 1. The van der Waals surface area contributed by atoms with E-state index in [2.05, 4.69) is 20.8 Å². The summed E-state index contributed by atoms with van der Waals surface area (Å²) in [5.41, 5.74) is 6.99. The maximum absolute atomic E-state index is 12.9. The fourth-order valence-corrected chi connectivity index (χ4v) is 4.55. The zero-order valence-electron chi connectivity index (χ0n) is 15.5. The van der Waals surface area contributed by atoms with E-state index in [-0.39, 0.29) is 11.3 Å². The molecule has 6 nitrogen and oxygen atoms in total. The molecule has 0 spiro atoms. The number of nitrogens with one attached hydrogen (secondary N) is 2. The topological polar surface area (TPSA) is 84.0 Å². The van der Waals surface area contributed by atoms with Crippen LogP contribution in [0, 0.1) is 5.82 Å². The maximum atomic E-state index is 12.9. The molecule has 9 heteroatoms. The second kappa shape index (κ2) is 9.02. The number of benzene rings is 2. The minimum absolute atomic E-state index is 0.0554. The number of thiophene rings is 1. The van der Waals surface area contributed by atoms with Crippen LogP contribution in [-0.2, 0) is 4.79 Å². The van der Waals surface area contributed by atoms with Crippen LogP contribution in [0.5, 0.6) is 0 Å². The third-order valence-corrected chi connectivity index (χ3v) is 6.06. The molecular weight excluding hydrogens is 423 g/mol. The van der Waals surface area contributed by atoms with Crippen molar-refractivity contribution in [3.05, 3.63) is 77.7 Å². The molecular formula is C21H15FN4O2S2. The molecule has 0 unspecified atom stereocenters. The summed E-state index contributed by atoms with van der Waals surface area (Å²) in [6, 6.07) is 14.9. The van der Waals surface area contributed by atoms with E-state index in [9.17, 15) is 14.0 Å². The quantitative estimate of drug-likeness (QED) is 0.279. The van der Waals surface area contributed by atoms with Crippen molar-refractivity contribution >= 4 is 45.1 Å². The molecule has 30 heavy (non-hydrogen) atoms. The highest BCUT2D eigenvalue weighted by Gasteiger charge is 2.15. The predicted molar refractivity (Wildman–Crippen MR) is 116 cm³/mol. The SMILES string of the molecule is O=C(CSc1ncnc2scc(-c3ccccc3)c12)NNC(=O)c1ccc(F)cc1. The molecule has 2 aromatic heterocycles. The van der Waals surface area contributed by atoms with Gasteiger partial charge in [-0.2, -0.15) is 0 Å². The monoisotopic (exact) mass is 438 g/mol. The Bertz CT molecular complexity index is 1200. The minimum atomic E-state index is -0.526. The van der Waals surface area contributed by atoms with Crippen LogP contribution < -0.4 is 10.9 Å². The molecule has 150 valence electrons. The molecule has 0 bridgehead atoms. The van der Waals surface area contributed by atoms with Crippen molar-refractivity contribution in [2.45, 2.75) is 5.03 Å². The van der Waals surface area contributed by atoms with Crippen molar-refractivity contribution in [2.24, 2.45) is 0 Å². The van der Waals surface area contributed by atoms with Gasteiger partial charge in [-0.3, -0.25) is 20.4 Å². The van der Waals surface area contributed by atoms with Gasteiger partial charge in [0.15, 0.2) is 0 Å². The van der Waals surface area contributed by atoms with Crippen LogP contribution in [0.25, 0.3) is 21.3 Å². The Kier molecular flexibility index (Phi) is 6.01. The van der Waals surface area contributed by atoms with Gasteiger partial charge in [-0.05, 0) is 29.8 Å². The third kappa shape index (κ3) is 4.47. The first-order valence-corrected chi connectivity index (χ1v) is 10.7. The van der Waals surface area contributed by atoms with Gasteiger partial charge < -0.3 is 0 Å². The molecule has 2 aromatic carbocycles. The lowest BCUT2D eigenvalue weighted by Crippen LogP contribution is -2.42. The Balaban J connectivity index is 1.42. The first-order valence-electron chi connectivity index (χ1n) is 8.87. The molecule has 0 saturated carbocycles. The van der Waals surface area contributed by atoms with Gasteiger partial charge >= 0.3 is 0 Å². The summed E-state index contributed by atoms with van der Waals surface area (Å²) < 4.78 is 12.9. The summed E-state index contributed by atoms with van der Waals surface area (Å²) >= 11 is 2.78. The molecule has 0 saturated heterocycles. The van der Waals surface area contributed by atoms with Gasteiger partial charge in [0, 0.05) is 16.5 Å². The van der Waals surface area contributed by atoms with E-state index in [1.54, 1.807) is 0 Å². The fraction of sp³-hybridized carbons (Fsp3) is 0.0476. The minimum Gasteiger partial charge on any atom is -0.272 e. The van der Waals surface area contributed by atoms with Crippen LogP contribution in [0.1, 0.15) is 10.4 Å². The van der Waals surface area contributed by atoms with E-state index < -0.39 is 17.6 Å². The normalized spacial score (nSPS) is 10.7. The number of carbonyl (C=O) groups is 2. The highest BCUT2D eigenvalue weighted by atomic mass is 32.2. The van der Waals surface area contributed by atoms with E-state index in [0.717, 1.165) is 21.3 Å². The van der Waals surface area contributed by atoms with E-state index >= 15 is 0 Å². The van der Waals surface area contributed by atoms with Crippen LogP contribution in [-0.4, -0.2) is 27.5 Å². The molecule has 0 radical (unpaired) electrons. The molecule has 0 fully saturated rings. The van der Waals surface area contributed by atoms with Crippen molar-refractivity contribution in [1.82, 2.24) is 20.8 Å². The number of nitrogens with zero attached hydrogens (tertiary/aromatic N) is 2. The van der Waals surface area contributed by atoms with Crippen LogP contribution in [0.15, 0.2) is 71.3 Å². The van der Waals surface area contributed by atoms with E-state index in [1.165, 1.54) is 53.7 Å². The van der Waals surface area contributed by atoms with Gasteiger partial charge in [0.25, 0.3) is 5.91 Å². The van der Waals surface area contributed by atoms with Crippen molar-refractivity contribution in [2.75, 3.05) is 5.75 Å². The van der Waals surface area contributed by atoms with Crippen LogP contribution in [0.3, 0.4) is 0 Å². The number of amides is 2. The average Bonchev–Trinajstić information content (AvgIpc) is 3.22. The number of hydrazine groups is 1. The van der Waals surface area contributed by atoms with Gasteiger partial charge in [-0.1, -0.05) is 42.1 Å². The van der Waals surface area contributed by atoms with Gasteiger partial charge in [0.1, 0.15) is 22.0 Å². The lowest BCUT2D eigenvalue weighted by Gasteiger charge is -2.08. The number of halogens is 1. The lowest BCUT2D eigenvalue weighted by atomic mass is 10.1.